The molecule has 0 bridgehead atoms. The third-order valence-electron chi connectivity index (χ3n) is 12.4. The van der Waals surface area contributed by atoms with Crippen molar-refractivity contribution in [2.24, 2.45) is 11.8 Å². The minimum atomic E-state index is -0.690. The van der Waals surface area contributed by atoms with Gasteiger partial charge in [0.2, 0.25) is 11.8 Å². The van der Waals surface area contributed by atoms with Crippen LogP contribution in [0.3, 0.4) is 0 Å². The molecule has 1 unspecified atom stereocenters. The van der Waals surface area contributed by atoms with Crippen LogP contribution in [0.15, 0.2) is 73.1 Å². The lowest BCUT2D eigenvalue weighted by atomic mass is 9.90. The molecule has 0 radical (unpaired) electrons. The number of carbonyl (C=O) groups excluding carboxylic acids is 4. The van der Waals surface area contributed by atoms with Gasteiger partial charge in [-0.1, -0.05) is 62.4 Å². The van der Waals surface area contributed by atoms with Gasteiger partial charge < -0.3 is 44.6 Å². The van der Waals surface area contributed by atoms with E-state index < -0.39 is 24.3 Å². The molecule has 5 aromatic rings. The van der Waals surface area contributed by atoms with Crippen molar-refractivity contribution in [1.29, 1.82) is 0 Å². The second-order valence-corrected chi connectivity index (χ2v) is 16.5. The number of benzene rings is 3. The molecule has 4 amide bonds. The number of fused-ring (bicyclic) bond motifs is 1. The van der Waals surface area contributed by atoms with E-state index in [4.69, 9.17) is 24.2 Å². The Hall–Kier alpha value is -6.22. The predicted octanol–water partition coefficient (Wildman–Crippen LogP) is 7.15. The van der Waals surface area contributed by atoms with E-state index in [9.17, 15) is 19.2 Å². The van der Waals surface area contributed by atoms with E-state index >= 15 is 0 Å². The number of aromatic amines is 2. The van der Waals surface area contributed by atoms with Crippen LogP contribution in [0, 0.1) is 11.8 Å². The molecule has 3 aliphatic heterocycles. The van der Waals surface area contributed by atoms with Gasteiger partial charge in [0.15, 0.2) is 0 Å². The highest BCUT2D eigenvalue weighted by Gasteiger charge is 2.40. The Labute approximate surface area is 354 Å². The van der Waals surface area contributed by atoms with Gasteiger partial charge >= 0.3 is 12.2 Å². The maximum absolute atomic E-state index is 14.0. The van der Waals surface area contributed by atoms with E-state index in [-0.39, 0.29) is 35.7 Å². The number of amides is 4. The first-order valence-corrected chi connectivity index (χ1v) is 21.2. The van der Waals surface area contributed by atoms with E-state index in [1.165, 1.54) is 14.2 Å². The van der Waals surface area contributed by atoms with Crippen LogP contribution in [0.2, 0.25) is 0 Å². The third-order valence-corrected chi connectivity index (χ3v) is 12.4. The van der Waals surface area contributed by atoms with Crippen molar-refractivity contribution in [1.82, 2.24) is 40.4 Å². The number of hydrogen-bond acceptors (Lipinski definition) is 9. The number of carbonyl (C=O) groups is 4. The molecule has 5 heterocycles. The zero-order valence-corrected chi connectivity index (χ0v) is 35.1. The van der Waals surface area contributed by atoms with Crippen molar-refractivity contribution in [3.05, 3.63) is 84.7 Å². The molecule has 3 saturated heterocycles. The fourth-order valence-electron chi connectivity index (χ4n) is 9.04. The lowest BCUT2D eigenvalue weighted by molar-refractivity contribution is -0.137. The molecule has 0 spiro atoms. The molecule has 3 aromatic carbocycles. The topological polar surface area (TPSA) is 184 Å². The lowest BCUT2D eigenvalue weighted by Gasteiger charge is -2.34. The van der Waals surface area contributed by atoms with Gasteiger partial charge in [0, 0.05) is 31.9 Å². The predicted molar refractivity (Wildman–Crippen MR) is 229 cm³/mol. The van der Waals surface area contributed by atoms with Gasteiger partial charge in [-0.05, 0) is 90.0 Å². The number of nitrogens with zero attached hydrogens (tertiary/aromatic N) is 4. The maximum Gasteiger partial charge on any atom is 0.407 e. The summed E-state index contributed by atoms with van der Waals surface area (Å²) in [7, 11) is 2.60. The quantitative estimate of drug-likeness (QED) is 0.107. The zero-order chi connectivity index (χ0) is 42.6. The van der Waals surface area contributed by atoms with Crippen LogP contribution >= 0.6 is 0 Å². The molecule has 4 atom stereocenters. The minimum absolute atomic E-state index is 0.0265. The van der Waals surface area contributed by atoms with E-state index in [0.29, 0.717) is 39.1 Å². The minimum Gasteiger partial charge on any atom is -0.453 e. The highest BCUT2D eigenvalue weighted by atomic mass is 16.5. The van der Waals surface area contributed by atoms with Crippen LogP contribution in [0.4, 0.5) is 9.59 Å². The first-order valence-electron chi connectivity index (χ1n) is 21.2. The van der Waals surface area contributed by atoms with Crippen LogP contribution in [0.1, 0.15) is 76.1 Å². The monoisotopic (exact) mass is 830 g/mol. The summed E-state index contributed by atoms with van der Waals surface area (Å²) in [6, 6.07) is 19.3. The molecule has 8 rings (SSSR count). The van der Waals surface area contributed by atoms with Crippen molar-refractivity contribution in [3.8, 4) is 33.6 Å². The Morgan fingerprint density at radius 3 is 1.77 bits per heavy atom. The summed E-state index contributed by atoms with van der Waals surface area (Å²) >= 11 is 0. The van der Waals surface area contributed by atoms with Gasteiger partial charge in [-0.15, -0.1) is 0 Å². The molecule has 4 N–H and O–H groups in total. The van der Waals surface area contributed by atoms with Gasteiger partial charge in [-0.2, -0.15) is 0 Å². The number of likely N-dealkylation sites (tertiary alicyclic amines) is 2. The van der Waals surface area contributed by atoms with Crippen molar-refractivity contribution in [2.45, 2.75) is 76.5 Å². The normalized spacial score (nSPS) is 19.2. The smallest absolute Gasteiger partial charge is 0.407 e. The first kappa shape index (κ1) is 41.5. The Morgan fingerprint density at radius 2 is 1.18 bits per heavy atom. The summed E-state index contributed by atoms with van der Waals surface area (Å²) in [5.41, 5.74) is 5.88. The fraction of sp³-hybridized carbons (Fsp3) is 0.435. The number of ether oxygens (including phenoxy) is 3. The molecule has 3 aliphatic rings. The SMILES string of the molecule is COC(=O)NC(C(=O)N1CCC[C@H]1c1ncc(-c2ccc3cc(-c4ccc(-c5cnc([C@@H]6CCCN6C(=O)[C@@H](NC(=O)OC)C6CCOCC6)[nH]5)cc4)ccc3c2)[nH]1)C(C)C. The average Bonchev–Trinajstić information content (AvgIpc) is 4.14. The Balaban J connectivity index is 0.935. The summed E-state index contributed by atoms with van der Waals surface area (Å²) in [5.74, 6) is 1.07. The molecule has 0 aliphatic carbocycles. The van der Waals surface area contributed by atoms with Gasteiger partial charge in [0.1, 0.15) is 23.7 Å². The molecule has 320 valence electrons. The Kier molecular flexibility index (Phi) is 12.4. The maximum atomic E-state index is 14.0. The third kappa shape index (κ3) is 8.83. The van der Waals surface area contributed by atoms with E-state index in [2.05, 4.69) is 81.3 Å². The molecule has 15 heteroatoms. The van der Waals surface area contributed by atoms with Gasteiger partial charge in [0.25, 0.3) is 0 Å². The zero-order valence-electron chi connectivity index (χ0n) is 35.1. The van der Waals surface area contributed by atoms with Crippen molar-refractivity contribution < 1.29 is 33.4 Å². The van der Waals surface area contributed by atoms with Gasteiger partial charge in [-0.3, -0.25) is 9.59 Å². The van der Waals surface area contributed by atoms with Crippen LogP contribution in [0.25, 0.3) is 44.4 Å². The van der Waals surface area contributed by atoms with Crippen LogP contribution in [-0.2, 0) is 23.8 Å². The summed E-state index contributed by atoms with van der Waals surface area (Å²) in [5, 5.41) is 7.71. The number of hydrogen-bond donors (Lipinski definition) is 4. The summed E-state index contributed by atoms with van der Waals surface area (Å²) < 4.78 is 15.2. The Morgan fingerprint density at radius 1 is 0.672 bits per heavy atom. The number of rotatable bonds is 11. The van der Waals surface area contributed by atoms with Gasteiger partial charge in [-0.25, -0.2) is 19.6 Å². The standard InChI is InChI=1S/C46H54N8O7/c1-27(2)39(51-45(57)59-3)43(55)53-19-5-7-37(53)42-48-26-36(50-42)34-16-15-32-23-31(13-14-33(32)24-34)28-9-11-29(12-10-28)35-25-47-41(49-35)38-8-6-20-54(38)44(56)40(52-46(58)60-4)30-17-21-61-22-18-30/h9-16,23-27,30,37-40H,5-8,17-22H2,1-4H3,(H,47,49)(H,48,50)(H,51,57)(H,52,58)/t37-,38-,39?,40-/m0/s1. The second kappa shape index (κ2) is 18.2. The molecule has 15 nitrogen and oxygen atoms in total. The molecular weight excluding hydrogens is 777 g/mol. The highest BCUT2D eigenvalue weighted by molar-refractivity contribution is 5.91. The van der Waals surface area contributed by atoms with Crippen LogP contribution in [0.5, 0.6) is 0 Å². The fourth-order valence-corrected chi connectivity index (χ4v) is 9.04. The number of alkyl carbamates (subject to hydrolysis) is 2. The average molecular weight is 831 g/mol. The van der Waals surface area contributed by atoms with Crippen LogP contribution < -0.4 is 10.6 Å². The number of methoxy groups -OCH3 is 2. The number of nitrogens with one attached hydrogen (secondary N) is 4. The summed E-state index contributed by atoms with van der Waals surface area (Å²) in [6.45, 7) is 6.12. The van der Waals surface area contributed by atoms with Crippen LogP contribution in [-0.4, -0.2) is 106 Å². The molecule has 2 aromatic heterocycles. The molecule has 3 fully saturated rings. The second-order valence-electron chi connectivity index (χ2n) is 16.5. The Bertz CT molecular complexity index is 2370. The summed E-state index contributed by atoms with van der Waals surface area (Å²) in [4.78, 5) is 71.9. The largest absolute Gasteiger partial charge is 0.453 e. The van der Waals surface area contributed by atoms with Gasteiger partial charge in [0.05, 0.1) is 50.1 Å². The first-order chi connectivity index (χ1) is 29.6. The summed E-state index contributed by atoms with van der Waals surface area (Å²) in [6.07, 6.45) is 7.05. The van der Waals surface area contributed by atoms with E-state index in [0.717, 1.165) is 81.7 Å². The molecule has 0 saturated carbocycles. The molecular formula is C46H54N8O7. The number of H-pyrrole nitrogens is 2. The number of imidazole rings is 2. The highest BCUT2D eigenvalue weighted by Crippen LogP contribution is 2.36. The number of aromatic nitrogens is 4. The van der Waals surface area contributed by atoms with E-state index in [1.807, 2.05) is 36.0 Å². The van der Waals surface area contributed by atoms with Crippen molar-refractivity contribution in [2.75, 3.05) is 40.5 Å². The van der Waals surface area contributed by atoms with E-state index in [1.54, 1.807) is 0 Å². The molecule has 61 heavy (non-hydrogen) atoms. The van der Waals surface area contributed by atoms with Crippen molar-refractivity contribution >= 4 is 34.8 Å². The lowest BCUT2D eigenvalue weighted by Crippen LogP contribution is -2.53. The van der Waals surface area contributed by atoms with Crippen molar-refractivity contribution in [3.63, 3.8) is 0 Å².